The maximum atomic E-state index is 10.2. The maximum absolute atomic E-state index is 10.2. The van der Waals surface area contributed by atoms with Crippen LogP contribution >= 0.6 is 0 Å². The van der Waals surface area contributed by atoms with Gasteiger partial charge in [0.15, 0.2) is 0 Å². The minimum Gasteiger partial charge on any atom is -0.393 e. The zero-order chi connectivity index (χ0) is 13.2. The molecule has 3 rings (SSSR count). The summed E-state index contributed by atoms with van der Waals surface area (Å²) in [4.78, 5) is 0. The lowest BCUT2D eigenvalue weighted by Gasteiger charge is -2.31. The fraction of sp³-hybridized carbons (Fsp3) is 0.333. The molecule has 19 heavy (non-hydrogen) atoms. The highest BCUT2D eigenvalue weighted by atomic mass is 16.3. The monoisotopic (exact) mass is 252 g/mol. The molecule has 1 nitrogen and oxygen atoms in total. The molecule has 2 aromatic carbocycles. The second kappa shape index (κ2) is 5.18. The van der Waals surface area contributed by atoms with E-state index in [1.807, 2.05) is 0 Å². The quantitative estimate of drug-likeness (QED) is 0.881. The molecule has 0 aliphatic heterocycles. The Labute approximate surface area is 114 Å². The van der Waals surface area contributed by atoms with Crippen LogP contribution in [0.1, 0.15) is 34.6 Å². The molecule has 0 bridgehead atoms. The van der Waals surface area contributed by atoms with Gasteiger partial charge in [-0.3, -0.25) is 0 Å². The first kappa shape index (κ1) is 12.4. The topological polar surface area (TPSA) is 20.2 Å². The van der Waals surface area contributed by atoms with E-state index >= 15 is 0 Å². The van der Waals surface area contributed by atoms with Gasteiger partial charge in [0, 0.05) is 0 Å². The fourth-order valence-corrected chi connectivity index (χ4v) is 2.98. The summed E-state index contributed by atoms with van der Waals surface area (Å²) in [5.74, 6) is 0.552. The third kappa shape index (κ3) is 2.71. The first-order valence-corrected chi connectivity index (χ1v) is 7.04. The smallest absolute Gasteiger partial charge is 0.0586 e. The van der Waals surface area contributed by atoms with E-state index in [9.17, 15) is 5.11 Å². The molecule has 0 saturated carbocycles. The number of aliphatic hydroxyl groups is 1. The summed E-state index contributed by atoms with van der Waals surface area (Å²) in [7, 11) is 0. The van der Waals surface area contributed by atoms with Gasteiger partial charge >= 0.3 is 0 Å². The molecule has 1 heteroatoms. The Morgan fingerprint density at radius 1 is 1.11 bits per heavy atom. The molecule has 0 spiro atoms. The molecule has 98 valence electrons. The number of hydrogen-bond acceptors (Lipinski definition) is 1. The summed E-state index contributed by atoms with van der Waals surface area (Å²) in [6.45, 7) is 2.09. The Kier molecular flexibility index (Phi) is 3.39. The average Bonchev–Trinajstić information content (AvgIpc) is 2.39. The molecule has 2 atom stereocenters. The largest absolute Gasteiger partial charge is 0.393 e. The Bertz CT molecular complexity index is 556. The average molecular weight is 252 g/mol. The molecule has 1 aliphatic rings. The van der Waals surface area contributed by atoms with Crippen molar-refractivity contribution in [2.75, 3.05) is 0 Å². The van der Waals surface area contributed by atoms with Crippen LogP contribution < -0.4 is 0 Å². The van der Waals surface area contributed by atoms with Gasteiger partial charge in [-0.15, -0.1) is 0 Å². The van der Waals surface area contributed by atoms with E-state index in [2.05, 4.69) is 55.5 Å². The summed E-state index contributed by atoms with van der Waals surface area (Å²) in [6.07, 6.45) is 2.53. The van der Waals surface area contributed by atoms with Crippen molar-refractivity contribution in [2.24, 2.45) is 0 Å². The third-order valence-electron chi connectivity index (χ3n) is 4.11. The minimum atomic E-state index is -0.235. The Morgan fingerprint density at radius 3 is 2.58 bits per heavy atom. The predicted molar refractivity (Wildman–Crippen MR) is 78.4 cm³/mol. The van der Waals surface area contributed by atoms with Gasteiger partial charge in [0.2, 0.25) is 0 Å². The molecule has 0 fully saturated rings. The summed E-state index contributed by atoms with van der Waals surface area (Å²) in [6, 6.07) is 17.0. The molecular formula is C18H20O. The van der Waals surface area contributed by atoms with Crippen LogP contribution in [0.5, 0.6) is 0 Å². The number of rotatable bonds is 4. The molecular weight excluding hydrogens is 232 g/mol. The molecule has 1 aliphatic carbocycles. The standard InChI is InChI=1S/C18H20O/c1-13-6-8-14(9-7-13)10-17(19)12-16-11-15-4-2-3-5-18(15)16/h2-9,16-17,19H,10-12H2,1H3. The zero-order valence-corrected chi connectivity index (χ0v) is 11.3. The maximum Gasteiger partial charge on any atom is 0.0586 e. The molecule has 1 N–H and O–H groups in total. The van der Waals surface area contributed by atoms with Gasteiger partial charge in [-0.1, -0.05) is 54.1 Å². The van der Waals surface area contributed by atoms with Gasteiger partial charge in [0.1, 0.15) is 0 Å². The van der Waals surface area contributed by atoms with Gasteiger partial charge in [-0.05, 0) is 48.8 Å². The second-order valence-corrected chi connectivity index (χ2v) is 5.68. The molecule has 0 saturated heterocycles. The molecule has 2 unspecified atom stereocenters. The van der Waals surface area contributed by atoms with E-state index in [0.717, 1.165) is 19.3 Å². The first-order valence-electron chi connectivity index (χ1n) is 7.04. The summed E-state index contributed by atoms with van der Waals surface area (Å²) in [5.41, 5.74) is 5.39. The van der Waals surface area contributed by atoms with E-state index in [0.29, 0.717) is 5.92 Å². The normalized spacial score (nSPS) is 18.5. The molecule has 0 aromatic heterocycles. The lowest BCUT2D eigenvalue weighted by atomic mass is 9.74. The molecule has 0 amide bonds. The van der Waals surface area contributed by atoms with Crippen molar-refractivity contribution in [1.29, 1.82) is 0 Å². The number of fused-ring (bicyclic) bond motifs is 1. The molecule has 0 radical (unpaired) electrons. The Balaban J connectivity index is 1.58. The van der Waals surface area contributed by atoms with Crippen molar-refractivity contribution in [3.8, 4) is 0 Å². The van der Waals surface area contributed by atoms with Crippen LogP contribution in [0.25, 0.3) is 0 Å². The van der Waals surface area contributed by atoms with Crippen LogP contribution in [0.3, 0.4) is 0 Å². The highest BCUT2D eigenvalue weighted by Gasteiger charge is 2.27. The van der Waals surface area contributed by atoms with Crippen molar-refractivity contribution >= 4 is 0 Å². The number of benzene rings is 2. The van der Waals surface area contributed by atoms with E-state index in [1.54, 1.807) is 0 Å². The lowest BCUT2D eigenvalue weighted by Crippen LogP contribution is -2.23. The van der Waals surface area contributed by atoms with Crippen molar-refractivity contribution in [3.63, 3.8) is 0 Å². The van der Waals surface area contributed by atoms with Crippen LogP contribution in [0.2, 0.25) is 0 Å². The van der Waals surface area contributed by atoms with Crippen LogP contribution in [0.15, 0.2) is 48.5 Å². The van der Waals surface area contributed by atoms with E-state index in [1.165, 1.54) is 22.3 Å². The zero-order valence-electron chi connectivity index (χ0n) is 11.3. The van der Waals surface area contributed by atoms with Crippen molar-refractivity contribution in [3.05, 3.63) is 70.8 Å². The van der Waals surface area contributed by atoms with E-state index in [-0.39, 0.29) is 6.10 Å². The van der Waals surface area contributed by atoms with Crippen LogP contribution in [0.4, 0.5) is 0 Å². The first-order chi connectivity index (χ1) is 9.22. The number of aliphatic hydroxyl groups excluding tert-OH is 1. The second-order valence-electron chi connectivity index (χ2n) is 5.68. The summed E-state index contributed by atoms with van der Waals surface area (Å²) >= 11 is 0. The predicted octanol–water partition coefficient (Wildman–Crippen LogP) is 3.63. The van der Waals surface area contributed by atoms with Crippen molar-refractivity contribution in [1.82, 2.24) is 0 Å². The van der Waals surface area contributed by atoms with Gasteiger partial charge < -0.3 is 5.11 Å². The summed E-state index contributed by atoms with van der Waals surface area (Å²) in [5, 5.41) is 10.2. The molecule has 2 aromatic rings. The molecule has 0 heterocycles. The summed E-state index contributed by atoms with van der Waals surface area (Å²) < 4.78 is 0. The Hall–Kier alpha value is -1.60. The Morgan fingerprint density at radius 2 is 1.84 bits per heavy atom. The highest BCUT2D eigenvalue weighted by molar-refractivity contribution is 5.39. The van der Waals surface area contributed by atoms with Gasteiger partial charge in [-0.2, -0.15) is 0 Å². The SMILES string of the molecule is Cc1ccc(CC(O)CC2Cc3ccccc32)cc1. The van der Waals surface area contributed by atoms with Crippen molar-refractivity contribution in [2.45, 2.75) is 38.2 Å². The van der Waals surface area contributed by atoms with E-state index in [4.69, 9.17) is 0 Å². The highest BCUT2D eigenvalue weighted by Crippen LogP contribution is 2.38. The van der Waals surface area contributed by atoms with Crippen LogP contribution in [-0.2, 0) is 12.8 Å². The number of hydrogen-bond donors (Lipinski definition) is 1. The van der Waals surface area contributed by atoms with Gasteiger partial charge in [0.05, 0.1) is 6.10 Å². The van der Waals surface area contributed by atoms with Crippen molar-refractivity contribution < 1.29 is 5.11 Å². The van der Waals surface area contributed by atoms with Gasteiger partial charge in [-0.25, -0.2) is 0 Å². The lowest BCUT2D eigenvalue weighted by molar-refractivity contribution is 0.151. The minimum absolute atomic E-state index is 0.235. The van der Waals surface area contributed by atoms with Crippen LogP contribution in [-0.4, -0.2) is 11.2 Å². The third-order valence-corrected chi connectivity index (χ3v) is 4.11. The van der Waals surface area contributed by atoms with E-state index < -0.39 is 0 Å². The van der Waals surface area contributed by atoms with Crippen LogP contribution in [0, 0.1) is 6.92 Å². The van der Waals surface area contributed by atoms with Gasteiger partial charge in [0.25, 0.3) is 0 Å². The fourth-order valence-electron chi connectivity index (χ4n) is 2.98. The number of aryl methyl sites for hydroxylation is 1.